The van der Waals surface area contributed by atoms with Gasteiger partial charge in [0.2, 0.25) is 0 Å². The molecule has 0 aliphatic heterocycles. The first-order valence-corrected chi connectivity index (χ1v) is 8.98. The number of carbonyl (C=O) groups is 1. The third-order valence-corrected chi connectivity index (χ3v) is 6.01. The number of nitrogens with one attached hydrogen (secondary N) is 1. The molecule has 0 fully saturated rings. The van der Waals surface area contributed by atoms with Gasteiger partial charge in [-0.25, -0.2) is 22.7 Å². The third-order valence-electron chi connectivity index (χ3n) is 3.98. The number of hydrogen-bond donors (Lipinski definition) is 2. The molecular weight excluding hydrogens is 358 g/mol. The summed E-state index contributed by atoms with van der Waals surface area (Å²) in [6.07, 6.45) is 1.96. The van der Waals surface area contributed by atoms with Crippen LogP contribution in [-0.2, 0) is 21.2 Å². The van der Waals surface area contributed by atoms with Crippen molar-refractivity contribution in [1.29, 1.82) is 0 Å². The monoisotopic (exact) mass is 374 g/mol. The van der Waals surface area contributed by atoms with E-state index in [4.69, 9.17) is 5.21 Å². The molecule has 25 heavy (non-hydrogen) atoms. The Morgan fingerprint density at radius 1 is 1.40 bits per heavy atom. The number of halogens is 2. The molecule has 0 unspecified atom stereocenters. The van der Waals surface area contributed by atoms with Crippen LogP contribution in [0, 0.1) is 11.6 Å². The molecule has 2 aromatic rings. The lowest BCUT2D eigenvalue weighted by Gasteiger charge is -2.24. The maximum atomic E-state index is 13.8. The minimum atomic E-state index is -3.85. The minimum Gasteiger partial charge on any atom is -0.289 e. The molecule has 8 nitrogen and oxygen atoms in total. The summed E-state index contributed by atoms with van der Waals surface area (Å²) in [5, 5.41) is 16.2. The molecule has 1 heterocycles. The van der Waals surface area contributed by atoms with Crippen molar-refractivity contribution in [2.24, 2.45) is 0 Å². The third kappa shape index (κ3) is 3.66. The standard InChI is InChI=1S/C14H16F2N4O4S/c1-14(13(21)18-22,25(2,23)24)6-7-20-8-11(17-19-20)9-4-3-5-10(15)12(9)16/h3-5,8,22H,6-7H2,1-2H3,(H,18,21)/t14-/m1/s1. The van der Waals surface area contributed by atoms with Gasteiger partial charge >= 0.3 is 0 Å². The van der Waals surface area contributed by atoms with Crippen LogP contribution >= 0.6 is 0 Å². The maximum absolute atomic E-state index is 13.8. The number of aromatic nitrogens is 3. The molecule has 1 aromatic heterocycles. The summed E-state index contributed by atoms with van der Waals surface area (Å²) in [6, 6.07) is 3.61. The molecule has 1 aromatic carbocycles. The predicted molar refractivity (Wildman–Crippen MR) is 83.2 cm³/mol. The van der Waals surface area contributed by atoms with Gasteiger partial charge in [-0.15, -0.1) is 5.10 Å². The van der Waals surface area contributed by atoms with Crippen LogP contribution in [0.1, 0.15) is 13.3 Å². The van der Waals surface area contributed by atoms with E-state index < -0.39 is 32.1 Å². The van der Waals surface area contributed by atoms with Gasteiger partial charge in [0, 0.05) is 18.4 Å². The van der Waals surface area contributed by atoms with Crippen LogP contribution < -0.4 is 5.48 Å². The highest BCUT2D eigenvalue weighted by molar-refractivity contribution is 7.92. The van der Waals surface area contributed by atoms with Crippen LogP contribution in [-0.4, -0.2) is 45.5 Å². The van der Waals surface area contributed by atoms with E-state index in [-0.39, 0.29) is 24.2 Å². The van der Waals surface area contributed by atoms with E-state index in [2.05, 4.69) is 10.3 Å². The zero-order chi connectivity index (χ0) is 18.8. The van der Waals surface area contributed by atoms with Gasteiger partial charge in [-0.3, -0.25) is 14.7 Å². The van der Waals surface area contributed by atoms with Crippen LogP contribution in [0.15, 0.2) is 24.4 Å². The molecule has 11 heteroatoms. The zero-order valence-electron chi connectivity index (χ0n) is 13.4. The van der Waals surface area contributed by atoms with Crippen molar-refractivity contribution in [2.75, 3.05) is 6.26 Å². The van der Waals surface area contributed by atoms with Crippen molar-refractivity contribution in [3.63, 3.8) is 0 Å². The van der Waals surface area contributed by atoms with Gasteiger partial charge < -0.3 is 0 Å². The van der Waals surface area contributed by atoms with E-state index in [1.807, 2.05) is 0 Å². The smallest absolute Gasteiger partial charge is 0.264 e. The summed E-state index contributed by atoms with van der Waals surface area (Å²) in [7, 11) is -3.85. The number of rotatable bonds is 6. The Morgan fingerprint density at radius 3 is 2.68 bits per heavy atom. The number of amides is 1. The molecule has 0 saturated carbocycles. The summed E-state index contributed by atoms with van der Waals surface area (Å²) in [5.74, 6) is -3.18. The zero-order valence-corrected chi connectivity index (χ0v) is 14.2. The minimum absolute atomic E-state index is 0.0546. The molecular formula is C14H16F2N4O4S. The Kier molecular flexibility index (Phi) is 5.18. The Bertz CT molecular complexity index is 900. The number of hydroxylamine groups is 1. The number of benzene rings is 1. The molecule has 2 rings (SSSR count). The average Bonchev–Trinajstić information content (AvgIpc) is 3.02. The van der Waals surface area contributed by atoms with Crippen molar-refractivity contribution >= 4 is 15.7 Å². The van der Waals surface area contributed by atoms with E-state index in [0.29, 0.717) is 0 Å². The van der Waals surface area contributed by atoms with Crippen LogP contribution in [0.2, 0.25) is 0 Å². The van der Waals surface area contributed by atoms with Crippen molar-refractivity contribution in [3.05, 3.63) is 36.0 Å². The van der Waals surface area contributed by atoms with Crippen LogP contribution in [0.3, 0.4) is 0 Å². The summed E-state index contributed by atoms with van der Waals surface area (Å²) >= 11 is 0. The van der Waals surface area contributed by atoms with Gasteiger partial charge in [-0.1, -0.05) is 11.3 Å². The molecule has 0 bridgehead atoms. The quantitative estimate of drug-likeness (QED) is 0.574. The van der Waals surface area contributed by atoms with Gasteiger partial charge in [-0.05, 0) is 25.5 Å². The summed E-state index contributed by atoms with van der Waals surface area (Å²) in [5.41, 5.74) is 1.31. The first-order chi connectivity index (χ1) is 11.6. The Balaban J connectivity index is 2.24. The maximum Gasteiger partial charge on any atom is 0.264 e. The van der Waals surface area contributed by atoms with Crippen LogP contribution in [0.4, 0.5) is 8.78 Å². The summed E-state index contributed by atoms with van der Waals surface area (Å²) in [4.78, 5) is 11.7. The number of aryl methyl sites for hydroxylation is 1. The van der Waals surface area contributed by atoms with Gasteiger partial charge in [0.1, 0.15) is 5.69 Å². The Hall–Kier alpha value is -2.40. The molecule has 2 N–H and O–H groups in total. The van der Waals surface area contributed by atoms with E-state index in [9.17, 15) is 22.0 Å². The average molecular weight is 374 g/mol. The normalized spacial score (nSPS) is 14.1. The largest absolute Gasteiger partial charge is 0.289 e. The lowest BCUT2D eigenvalue weighted by molar-refractivity contribution is -0.131. The first-order valence-electron chi connectivity index (χ1n) is 7.09. The van der Waals surface area contributed by atoms with E-state index in [1.54, 1.807) is 0 Å². The van der Waals surface area contributed by atoms with Crippen LogP contribution in [0.5, 0.6) is 0 Å². The van der Waals surface area contributed by atoms with Crippen molar-refractivity contribution in [2.45, 2.75) is 24.6 Å². The fourth-order valence-corrected chi connectivity index (χ4v) is 2.99. The summed E-state index contributed by atoms with van der Waals surface area (Å²) < 4.78 is 50.1. The van der Waals surface area contributed by atoms with E-state index >= 15 is 0 Å². The molecule has 1 atom stereocenters. The highest BCUT2D eigenvalue weighted by atomic mass is 32.2. The summed E-state index contributed by atoms with van der Waals surface area (Å²) in [6.45, 7) is 1.11. The predicted octanol–water partition coefficient (Wildman–Crippen LogP) is 0.922. The van der Waals surface area contributed by atoms with Gasteiger partial charge in [0.25, 0.3) is 5.91 Å². The fourth-order valence-electron chi connectivity index (χ4n) is 2.15. The number of nitrogens with zero attached hydrogens (tertiary/aromatic N) is 3. The Morgan fingerprint density at radius 2 is 2.08 bits per heavy atom. The molecule has 0 radical (unpaired) electrons. The molecule has 0 aliphatic rings. The molecule has 0 spiro atoms. The molecule has 0 saturated heterocycles. The topological polar surface area (TPSA) is 114 Å². The number of sulfone groups is 1. The van der Waals surface area contributed by atoms with E-state index in [0.717, 1.165) is 19.2 Å². The lowest BCUT2D eigenvalue weighted by Crippen LogP contribution is -2.49. The van der Waals surface area contributed by atoms with E-state index in [1.165, 1.54) is 28.5 Å². The molecule has 136 valence electrons. The van der Waals surface area contributed by atoms with Gasteiger partial charge in [-0.2, -0.15) is 0 Å². The van der Waals surface area contributed by atoms with Crippen molar-refractivity contribution in [1.82, 2.24) is 20.5 Å². The van der Waals surface area contributed by atoms with Gasteiger partial charge in [0.05, 0.1) is 6.20 Å². The highest BCUT2D eigenvalue weighted by Gasteiger charge is 2.43. The fraction of sp³-hybridized carbons (Fsp3) is 0.357. The number of carbonyl (C=O) groups excluding carboxylic acids is 1. The second-order valence-electron chi connectivity index (χ2n) is 5.66. The van der Waals surface area contributed by atoms with Gasteiger partial charge in [0.15, 0.2) is 26.2 Å². The van der Waals surface area contributed by atoms with Crippen LogP contribution in [0.25, 0.3) is 11.3 Å². The molecule has 1 amide bonds. The second kappa shape index (κ2) is 6.84. The first kappa shape index (κ1) is 18.9. The SMILES string of the molecule is C[C@@](CCn1cc(-c2cccc(F)c2F)nn1)(C(=O)NO)S(C)(=O)=O. The van der Waals surface area contributed by atoms with Crippen molar-refractivity contribution < 1.29 is 27.2 Å². The highest BCUT2D eigenvalue weighted by Crippen LogP contribution is 2.24. The second-order valence-corrected chi connectivity index (χ2v) is 8.11. The number of hydrogen-bond acceptors (Lipinski definition) is 6. The van der Waals surface area contributed by atoms with Crippen molar-refractivity contribution in [3.8, 4) is 11.3 Å². The Labute approximate surface area is 142 Å². The molecule has 0 aliphatic carbocycles. The lowest BCUT2D eigenvalue weighted by atomic mass is 10.1.